The van der Waals surface area contributed by atoms with Crippen LogP contribution in [0.2, 0.25) is 0 Å². The highest BCUT2D eigenvalue weighted by atomic mass is 16.3. The minimum absolute atomic E-state index is 0.0312. The van der Waals surface area contributed by atoms with Crippen molar-refractivity contribution in [2.75, 3.05) is 19.6 Å². The third kappa shape index (κ3) is 4.12. The zero-order chi connectivity index (χ0) is 19.5. The van der Waals surface area contributed by atoms with Gasteiger partial charge in [0, 0.05) is 24.2 Å². The number of benzene rings is 2. The number of piperidine rings is 1. The van der Waals surface area contributed by atoms with Crippen LogP contribution in [0.1, 0.15) is 40.3 Å². The van der Waals surface area contributed by atoms with E-state index in [4.69, 9.17) is 4.42 Å². The van der Waals surface area contributed by atoms with Crippen LogP contribution >= 0.6 is 0 Å². The van der Waals surface area contributed by atoms with E-state index in [1.54, 1.807) is 0 Å². The molecule has 28 heavy (non-hydrogen) atoms. The lowest BCUT2D eigenvalue weighted by atomic mass is 9.96. The summed E-state index contributed by atoms with van der Waals surface area (Å²) in [7, 11) is 0. The number of hydrogen-bond acceptors (Lipinski definition) is 3. The molecule has 0 bridgehead atoms. The van der Waals surface area contributed by atoms with E-state index >= 15 is 0 Å². The van der Waals surface area contributed by atoms with E-state index in [2.05, 4.69) is 16.3 Å². The largest absolute Gasteiger partial charge is 0.466 e. The predicted molar refractivity (Wildman–Crippen MR) is 112 cm³/mol. The highest BCUT2D eigenvalue weighted by Crippen LogP contribution is 2.22. The van der Waals surface area contributed by atoms with Crippen molar-refractivity contribution in [3.63, 3.8) is 0 Å². The lowest BCUT2D eigenvalue weighted by Crippen LogP contribution is -2.38. The van der Waals surface area contributed by atoms with E-state index in [9.17, 15) is 4.79 Å². The molecule has 4 rings (SSSR count). The monoisotopic (exact) mass is 376 g/mol. The van der Waals surface area contributed by atoms with Crippen molar-refractivity contribution in [1.29, 1.82) is 0 Å². The molecule has 0 unspecified atom stereocenters. The third-order valence-electron chi connectivity index (χ3n) is 5.83. The summed E-state index contributed by atoms with van der Waals surface area (Å²) in [6.07, 6.45) is 2.23. The first kappa shape index (κ1) is 18.8. The maximum absolute atomic E-state index is 12.7. The van der Waals surface area contributed by atoms with Crippen LogP contribution in [0, 0.1) is 19.8 Å². The van der Waals surface area contributed by atoms with Crippen LogP contribution in [0.5, 0.6) is 0 Å². The second kappa shape index (κ2) is 8.19. The van der Waals surface area contributed by atoms with Crippen LogP contribution < -0.4 is 5.32 Å². The van der Waals surface area contributed by atoms with Crippen LogP contribution in [0.25, 0.3) is 10.8 Å². The number of likely N-dealkylation sites (tertiary alicyclic amines) is 1. The molecule has 0 saturated carbocycles. The third-order valence-corrected chi connectivity index (χ3v) is 5.83. The Morgan fingerprint density at radius 3 is 2.61 bits per heavy atom. The average molecular weight is 377 g/mol. The Kier molecular flexibility index (Phi) is 5.49. The van der Waals surface area contributed by atoms with Crippen molar-refractivity contribution < 1.29 is 9.21 Å². The molecular formula is C24H28N2O2. The minimum atomic E-state index is 0.0312. The SMILES string of the molecule is Cc1cc(CN2CCC(CNC(=O)c3cccc4ccccc34)CC2)c(C)o1. The summed E-state index contributed by atoms with van der Waals surface area (Å²) in [6.45, 7) is 7.88. The molecule has 4 heteroatoms. The molecule has 2 aromatic carbocycles. The number of aryl methyl sites for hydroxylation is 2. The van der Waals surface area contributed by atoms with Crippen LogP contribution in [0.3, 0.4) is 0 Å². The molecule has 1 amide bonds. The van der Waals surface area contributed by atoms with E-state index in [1.807, 2.05) is 56.3 Å². The van der Waals surface area contributed by atoms with Gasteiger partial charge < -0.3 is 9.73 Å². The van der Waals surface area contributed by atoms with Crippen LogP contribution in [-0.4, -0.2) is 30.4 Å². The van der Waals surface area contributed by atoms with Crippen molar-refractivity contribution in [2.24, 2.45) is 5.92 Å². The summed E-state index contributed by atoms with van der Waals surface area (Å²) in [5.41, 5.74) is 2.06. The Balaban J connectivity index is 1.29. The first-order chi connectivity index (χ1) is 13.6. The Labute approximate surface area is 166 Å². The number of nitrogens with zero attached hydrogens (tertiary/aromatic N) is 1. The van der Waals surface area contributed by atoms with Crippen molar-refractivity contribution >= 4 is 16.7 Å². The molecule has 1 aliphatic rings. The summed E-state index contributed by atoms with van der Waals surface area (Å²) in [6, 6.07) is 16.1. The number of furan rings is 1. The van der Waals surface area contributed by atoms with Gasteiger partial charge in [-0.25, -0.2) is 0 Å². The smallest absolute Gasteiger partial charge is 0.251 e. The second-order valence-electron chi connectivity index (χ2n) is 7.89. The maximum atomic E-state index is 12.7. The molecule has 0 atom stereocenters. The first-order valence-corrected chi connectivity index (χ1v) is 10.1. The van der Waals surface area contributed by atoms with E-state index in [1.165, 1.54) is 5.56 Å². The van der Waals surface area contributed by atoms with E-state index in [-0.39, 0.29) is 5.91 Å². The van der Waals surface area contributed by atoms with E-state index in [0.717, 1.165) is 66.9 Å². The van der Waals surface area contributed by atoms with Gasteiger partial charge in [0.2, 0.25) is 0 Å². The standard InChI is InChI=1S/C24H28N2O2/c1-17-14-21(18(2)28-17)16-26-12-10-19(11-13-26)15-25-24(27)23-9-5-7-20-6-3-4-8-22(20)23/h3-9,14,19H,10-13,15-16H2,1-2H3,(H,25,27). The van der Waals surface area contributed by atoms with Crippen molar-refractivity contribution in [3.05, 3.63) is 71.2 Å². The summed E-state index contributed by atoms with van der Waals surface area (Å²) in [5.74, 6) is 2.59. The Hall–Kier alpha value is -2.59. The Morgan fingerprint density at radius 2 is 1.86 bits per heavy atom. The first-order valence-electron chi connectivity index (χ1n) is 10.1. The van der Waals surface area contributed by atoms with Crippen LogP contribution in [0.15, 0.2) is 52.9 Å². The number of carbonyl (C=O) groups is 1. The zero-order valence-corrected chi connectivity index (χ0v) is 16.7. The van der Waals surface area contributed by atoms with Crippen molar-refractivity contribution in [1.82, 2.24) is 10.2 Å². The summed E-state index contributed by atoms with van der Waals surface area (Å²) >= 11 is 0. The number of carbonyl (C=O) groups excluding carboxylic acids is 1. The highest BCUT2D eigenvalue weighted by molar-refractivity contribution is 6.06. The number of hydrogen-bond donors (Lipinski definition) is 1. The normalized spacial score (nSPS) is 15.8. The summed E-state index contributed by atoms with van der Waals surface area (Å²) in [4.78, 5) is 15.2. The van der Waals surface area contributed by atoms with Gasteiger partial charge in [-0.05, 0) is 68.6 Å². The molecule has 146 valence electrons. The van der Waals surface area contributed by atoms with Crippen molar-refractivity contribution in [2.45, 2.75) is 33.2 Å². The van der Waals surface area contributed by atoms with Gasteiger partial charge in [0.15, 0.2) is 0 Å². The fourth-order valence-electron chi connectivity index (χ4n) is 4.19. The molecule has 1 N–H and O–H groups in total. The number of amides is 1. The lowest BCUT2D eigenvalue weighted by molar-refractivity contribution is 0.0936. The molecule has 4 nitrogen and oxygen atoms in total. The van der Waals surface area contributed by atoms with Gasteiger partial charge in [0.05, 0.1) is 0 Å². The lowest BCUT2D eigenvalue weighted by Gasteiger charge is -2.31. The number of rotatable bonds is 5. The quantitative estimate of drug-likeness (QED) is 0.702. The maximum Gasteiger partial charge on any atom is 0.251 e. The Morgan fingerprint density at radius 1 is 1.11 bits per heavy atom. The van der Waals surface area contributed by atoms with Gasteiger partial charge in [-0.1, -0.05) is 36.4 Å². The van der Waals surface area contributed by atoms with Gasteiger partial charge in [0.25, 0.3) is 5.91 Å². The molecule has 1 aliphatic heterocycles. The molecule has 0 spiro atoms. The topological polar surface area (TPSA) is 45.5 Å². The molecule has 1 fully saturated rings. The number of nitrogens with one attached hydrogen (secondary N) is 1. The van der Waals surface area contributed by atoms with Gasteiger partial charge >= 0.3 is 0 Å². The summed E-state index contributed by atoms with van der Waals surface area (Å²) in [5, 5.41) is 5.29. The summed E-state index contributed by atoms with van der Waals surface area (Å²) < 4.78 is 5.64. The van der Waals surface area contributed by atoms with E-state index in [0.29, 0.717) is 5.92 Å². The van der Waals surface area contributed by atoms with Crippen molar-refractivity contribution in [3.8, 4) is 0 Å². The van der Waals surface area contributed by atoms with Crippen LogP contribution in [-0.2, 0) is 6.54 Å². The molecular weight excluding hydrogens is 348 g/mol. The van der Waals surface area contributed by atoms with E-state index < -0.39 is 0 Å². The molecule has 0 aliphatic carbocycles. The minimum Gasteiger partial charge on any atom is -0.466 e. The average Bonchev–Trinajstić information content (AvgIpc) is 3.03. The highest BCUT2D eigenvalue weighted by Gasteiger charge is 2.21. The van der Waals surface area contributed by atoms with Crippen LogP contribution in [0.4, 0.5) is 0 Å². The molecule has 3 aromatic rings. The molecule has 1 aromatic heterocycles. The van der Waals surface area contributed by atoms with Gasteiger partial charge in [-0.3, -0.25) is 9.69 Å². The second-order valence-corrected chi connectivity index (χ2v) is 7.89. The molecule has 2 heterocycles. The fourth-order valence-corrected chi connectivity index (χ4v) is 4.19. The molecule has 1 saturated heterocycles. The zero-order valence-electron chi connectivity index (χ0n) is 16.7. The van der Waals surface area contributed by atoms with Gasteiger partial charge in [-0.15, -0.1) is 0 Å². The van der Waals surface area contributed by atoms with Gasteiger partial charge in [-0.2, -0.15) is 0 Å². The molecule has 0 radical (unpaired) electrons. The van der Waals surface area contributed by atoms with Gasteiger partial charge in [0.1, 0.15) is 11.5 Å². The predicted octanol–water partition coefficient (Wildman–Crippen LogP) is 4.69. The Bertz CT molecular complexity index is 962. The fraction of sp³-hybridized carbons (Fsp3) is 0.375. The number of fused-ring (bicyclic) bond motifs is 1.